The normalized spacial score (nSPS) is 12.4. The first-order chi connectivity index (χ1) is 8.65. The molecule has 94 valence electrons. The van der Waals surface area contributed by atoms with Crippen LogP contribution in [-0.4, -0.2) is 5.75 Å². The first-order valence-electron chi connectivity index (χ1n) is 6.05. The lowest BCUT2D eigenvalue weighted by Gasteiger charge is -2.10. The van der Waals surface area contributed by atoms with E-state index in [2.05, 4.69) is 62.4 Å². The molecule has 0 N–H and O–H groups in total. The Labute approximate surface area is 118 Å². The van der Waals surface area contributed by atoms with Crippen molar-refractivity contribution in [2.75, 3.05) is 5.75 Å². The molecule has 0 amide bonds. The molecular formula is C16H17ClS. The molecule has 1 atom stereocenters. The molecule has 0 heterocycles. The van der Waals surface area contributed by atoms with Crippen molar-refractivity contribution in [3.05, 3.63) is 65.2 Å². The summed E-state index contributed by atoms with van der Waals surface area (Å²) in [4.78, 5) is 1.28. The zero-order valence-corrected chi connectivity index (χ0v) is 12.3. The van der Waals surface area contributed by atoms with Crippen LogP contribution < -0.4 is 0 Å². The molecule has 0 spiro atoms. The van der Waals surface area contributed by atoms with Crippen LogP contribution in [0.3, 0.4) is 0 Å². The molecule has 18 heavy (non-hydrogen) atoms. The minimum atomic E-state index is 0.0666. The van der Waals surface area contributed by atoms with Crippen LogP contribution in [0.1, 0.15) is 22.1 Å². The molecule has 2 aromatic rings. The van der Waals surface area contributed by atoms with Gasteiger partial charge in [0, 0.05) is 10.6 Å². The second-order valence-corrected chi connectivity index (χ2v) is 6.12. The van der Waals surface area contributed by atoms with Crippen molar-refractivity contribution in [2.24, 2.45) is 0 Å². The van der Waals surface area contributed by atoms with Crippen molar-refractivity contribution in [3.8, 4) is 0 Å². The van der Waals surface area contributed by atoms with E-state index in [0.29, 0.717) is 0 Å². The summed E-state index contributed by atoms with van der Waals surface area (Å²) in [5, 5.41) is 0.0666. The number of rotatable bonds is 4. The summed E-state index contributed by atoms with van der Waals surface area (Å²) in [6, 6.07) is 17.0. The number of aryl methyl sites for hydroxylation is 2. The van der Waals surface area contributed by atoms with Crippen LogP contribution >= 0.6 is 23.4 Å². The van der Waals surface area contributed by atoms with Gasteiger partial charge in [-0.15, -0.1) is 23.4 Å². The molecule has 1 unspecified atom stereocenters. The van der Waals surface area contributed by atoms with E-state index in [1.165, 1.54) is 21.6 Å². The van der Waals surface area contributed by atoms with Gasteiger partial charge >= 0.3 is 0 Å². The van der Waals surface area contributed by atoms with Crippen molar-refractivity contribution in [2.45, 2.75) is 24.1 Å². The van der Waals surface area contributed by atoms with Crippen molar-refractivity contribution in [3.63, 3.8) is 0 Å². The van der Waals surface area contributed by atoms with Gasteiger partial charge in [-0.05, 0) is 31.5 Å². The average Bonchev–Trinajstić information content (AvgIpc) is 2.38. The molecule has 0 aromatic heterocycles. The van der Waals surface area contributed by atoms with Crippen LogP contribution in [0.25, 0.3) is 0 Å². The van der Waals surface area contributed by atoms with Gasteiger partial charge in [0.1, 0.15) is 0 Å². The van der Waals surface area contributed by atoms with Gasteiger partial charge in [-0.1, -0.05) is 47.5 Å². The van der Waals surface area contributed by atoms with E-state index in [1.807, 2.05) is 0 Å². The quantitative estimate of drug-likeness (QED) is 0.534. The second-order valence-electron chi connectivity index (χ2n) is 4.50. The van der Waals surface area contributed by atoms with Gasteiger partial charge < -0.3 is 0 Å². The molecule has 0 aliphatic rings. The number of hydrogen-bond donors (Lipinski definition) is 0. The standard InChI is InChI=1S/C16H17ClS/c1-12-3-7-14(8-4-12)16(17)11-18-15-9-5-13(2)6-10-15/h3-10,16H,11H2,1-2H3. The van der Waals surface area contributed by atoms with Crippen molar-refractivity contribution in [1.29, 1.82) is 0 Å². The number of hydrogen-bond acceptors (Lipinski definition) is 1. The van der Waals surface area contributed by atoms with E-state index < -0.39 is 0 Å². The van der Waals surface area contributed by atoms with Crippen molar-refractivity contribution < 1.29 is 0 Å². The van der Waals surface area contributed by atoms with Crippen LogP contribution in [-0.2, 0) is 0 Å². The smallest absolute Gasteiger partial charge is 0.0679 e. The zero-order chi connectivity index (χ0) is 13.0. The SMILES string of the molecule is Cc1ccc(SCC(Cl)c2ccc(C)cc2)cc1. The number of halogens is 1. The molecular weight excluding hydrogens is 260 g/mol. The molecule has 0 saturated carbocycles. The van der Waals surface area contributed by atoms with Crippen LogP contribution in [0.5, 0.6) is 0 Å². The Morgan fingerprint density at radius 3 is 1.94 bits per heavy atom. The molecule has 0 aliphatic carbocycles. The van der Waals surface area contributed by atoms with Gasteiger partial charge in [0.2, 0.25) is 0 Å². The summed E-state index contributed by atoms with van der Waals surface area (Å²) >= 11 is 8.22. The number of thioether (sulfide) groups is 1. The van der Waals surface area contributed by atoms with Gasteiger partial charge in [0.05, 0.1) is 5.38 Å². The second kappa shape index (κ2) is 6.31. The Kier molecular flexibility index (Phi) is 4.73. The summed E-state index contributed by atoms with van der Waals surface area (Å²) in [7, 11) is 0. The monoisotopic (exact) mass is 276 g/mol. The molecule has 0 bridgehead atoms. The van der Waals surface area contributed by atoms with E-state index in [-0.39, 0.29) is 5.38 Å². The van der Waals surface area contributed by atoms with E-state index in [9.17, 15) is 0 Å². The summed E-state index contributed by atoms with van der Waals surface area (Å²) in [5.74, 6) is 0.897. The highest BCUT2D eigenvalue weighted by molar-refractivity contribution is 7.99. The Hall–Kier alpha value is -0.920. The van der Waals surface area contributed by atoms with Crippen LogP contribution in [0.4, 0.5) is 0 Å². The third kappa shape index (κ3) is 3.79. The minimum absolute atomic E-state index is 0.0666. The van der Waals surface area contributed by atoms with Crippen molar-refractivity contribution >= 4 is 23.4 Å². The molecule has 2 aromatic carbocycles. The minimum Gasteiger partial charge on any atom is -0.124 e. The fraction of sp³-hybridized carbons (Fsp3) is 0.250. The fourth-order valence-corrected chi connectivity index (χ4v) is 2.87. The molecule has 0 saturated heterocycles. The van der Waals surface area contributed by atoms with E-state index in [1.54, 1.807) is 11.8 Å². The highest BCUT2D eigenvalue weighted by Crippen LogP contribution is 2.29. The molecule has 0 nitrogen and oxygen atoms in total. The molecule has 0 fully saturated rings. The lowest BCUT2D eigenvalue weighted by Crippen LogP contribution is -1.93. The third-order valence-electron chi connectivity index (χ3n) is 2.86. The average molecular weight is 277 g/mol. The fourth-order valence-electron chi connectivity index (χ4n) is 1.68. The highest BCUT2D eigenvalue weighted by Gasteiger charge is 2.08. The van der Waals surface area contributed by atoms with E-state index in [0.717, 1.165) is 5.75 Å². The molecule has 0 aliphatic heterocycles. The summed E-state index contributed by atoms with van der Waals surface area (Å²) < 4.78 is 0. The Bertz CT molecular complexity index is 488. The summed E-state index contributed by atoms with van der Waals surface area (Å²) in [6.07, 6.45) is 0. The summed E-state index contributed by atoms with van der Waals surface area (Å²) in [5.41, 5.74) is 3.76. The number of benzene rings is 2. The topological polar surface area (TPSA) is 0 Å². The predicted molar refractivity (Wildman–Crippen MR) is 81.7 cm³/mol. The lowest BCUT2D eigenvalue weighted by molar-refractivity contribution is 1.10. The number of alkyl halides is 1. The van der Waals surface area contributed by atoms with Crippen LogP contribution in [0.2, 0.25) is 0 Å². The van der Waals surface area contributed by atoms with Crippen molar-refractivity contribution in [1.82, 2.24) is 0 Å². The van der Waals surface area contributed by atoms with Crippen LogP contribution in [0, 0.1) is 13.8 Å². The van der Waals surface area contributed by atoms with Gasteiger partial charge in [0.15, 0.2) is 0 Å². The maximum atomic E-state index is 6.42. The lowest BCUT2D eigenvalue weighted by atomic mass is 10.1. The molecule has 2 heteroatoms. The predicted octanol–water partition coefficient (Wildman–Crippen LogP) is 5.38. The Balaban J connectivity index is 1.93. The van der Waals surface area contributed by atoms with Gasteiger partial charge in [-0.3, -0.25) is 0 Å². The van der Waals surface area contributed by atoms with Gasteiger partial charge in [-0.2, -0.15) is 0 Å². The maximum Gasteiger partial charge on any atom is 0.0679 e. The van der Waals surface area contributed by atoms with Gasteiger partial charge in [0.25, 0.3) is 0 Å². The Morgan fingerprint density at radius 1 is 0.889 bits per heavy atom. The third-order valence-corrected chi connectivity index (χ3v) is 4.55. The first kappa shape index (κ1) is 13.5. The first-order valence-corrected chi connectivity index (χ1v) is 7.47. The van der Waals surface area contributed by atoms with E-state index in [4.69, 9.17) is 11.6 Å². The maximum absolute atomic E-state index is 6.42. The Morgan fingerprint density at radius 2 is 1.39 bits per heavy atom. The largest absolute Gasteiger partial charge is 0.124 e. The van der Waals surface area contributed by atoms with E-state index >= 15 is 0 Å². The zero-order valence-electron chi connectivity index (χ0n) is 10.7. The molecule has 2 rings (SSSR count). The molecule has 0 radical (unpaired) electrons. The van der Waals surface area contributed by atoms with Gasteiger partial charge in [-0.25, -0.2) is 0 Å². The summed E-state index contributed by atoms with van der Waals surface area (Å²) in [6.45, 7) is 4.19. The van der Waals surface area contributed by atoms with Crippen LogP contribution in [0.15, 0.2) is 53.4 Å². The highest BCUT2D eigenvalue weighted by atomic mass is 35.5.